The Bertz CT molecular complexity index is 1260. The molecule has 2 heterocycles. The number of carbonyl (C=O) groups excluding carboxylic acids is 4. The highest BCUT2D eigenvalue weighted by Gasteiger charge is 2.45. The zero-order valence-corrected chi connectivity index (χ0v) is 25.8. The van der Waals surface area contributed by atoms with Crippen molar-refractivity contribution in [3.05, 3.63) is 54.2 Å². The van der Waals surface area contributed by atoms with Crippen LogP contribution in [-0.4, -0.2) is 84.0 Å². The number of methoxy groups -OCH3 is 1. The van der Waals surface area contributed by atoms with Crippen molar-refractivity contribution in [1.29, 1.82) is 0 Å². The lowest BCUT2D eigenvalue weighted by atomic mass is 9.66. The van der Waals surface area contributed by atoms with Gasteiger partial charge in [-0.25, -0.2) is 4.98 Å². The fourth-order valence-corrected chi connectivity index (χ4v) is 5.20. The number of likely N-dealkylation sites (N-methyl/N-ethyl adjacent to an activating group) is 1. The molecule has 1 saturated heterocycles. The zero-order chi connectivity index (χ0) is 31.7. The number of esters is 1. The van der Waals surface area contributed by atoms with Crippen molar-refractivity contribution in [3.8, 4) is 11.3 Å². The molecule has 1 aliphatic rings. The van der Waals surface area contributed by atoms with Crippen LogP contribution in [0, 0.1) is 11.8 Å². The molecule has 1 fully saturated rings. The van der Waals surface area contributed by atoms with Crippen LogP contribution < -0.4 is 10.6 Å². The van der Waals surface area contributed by atoms with Gasteiger partial charge in [-0.15, -0.1) is 0 Å². The molecule has 3 rings (SSSR count). The molecule has 0 aliphatic carbocycles. The molecule has 1 aromatic carbocycles. The molecule has 1 aromatic heterocycles. The summed E-state index contributed by atoms with van der Waals surface area (Å²) in [6.07, 6.45) is 0.736. The van der Waals surface area contributed by atoms with Gasteiger partial charge in [-0.2, -0.15) is 0 Å². The Morgan fingerprint density at radius 1 is 1.09 bits per heavy atom. The van der Waals surface area contributed by atoms with E-state index in [0.29, 0.717) is 31.4 Å². The average molecular weight is 595 g/mol. The summed E-state index contributed by atoms with van der Waals surface area (Å²) in [5, 5.41) is 16.1. The Labute approximate surface area is 253 Å². The van der Waals surface area contributed by atoms with Gasteiger partial charge < -0.3 is 25.1 Å². The molecule has 43 heavy (non-hydrogen) atoms. The first kappa shape index (κ1) is 33.7. The van der Waals surface area contributed by atoms with Crippen LogP contribution in [-0.2, 0) is 23.8 Å². The number of aliphatic hydroxyl groups excluding tert-OH is 1. The predicted octanol–water partition coefficient (Wildman–Crippen LogP) is 2.62. The molecular formula is C31H43BN4O7. The summed E-state index contributed by atoms with van der Waals surface area (Å²) >= 11 is 0. The predicted molar refractivity (Wildman–Crippen MR) is 162 cm³/mol. The van der Waals surface area contributed by atoms with Gasteiger partial charge in [0, 0.05) is 5.56 Å². The molecule has 12 heteroatoms. The van der Waals surface area contributed by atoms with Gasteiger partial charge >= 0.3 is 13.0 Å². The number of nitrogens with one attached hydrogen (secondary N) is 2. The molecule has 0 bridgehead atoms. The third kappa shape index (κ3) is 9.11. The summed E-state index contributed by atoms with van der Waals surface area (Å²) in [6.45, 7) is 7.08. The highest BCUT2D eigenvalue weighted by molar-refractivity contribution is 6.53. The maximum absolute atomic E-state index is 13.7. The van der Waals surface area contributed by atoms with E-state index in [0.717, 1.165) is 5.56 Å². The van der Waals surface area contributed by atoms with Gasteiger partial charge in [0.2, 0.25) is 5.91 Å². The van der Waals surface area contributed by atoms with Crippen LogP contribution in [0.15, 0.2) is 48.5 Å². The van der Waals surface area contributed by atoms with Crippen molar-refractivity contribution < 1.29 is 33.7 Å². The van der Waals surface area contributed by atoms with Crippen LogP contribution in [0.3, 0.4) is 0 Å². The second-order valence-corrected chi connectivity index (χ2v) is 11.6. The van der Waals surface area contributed by atoms with E-state index in [1.54, 1.807) is 30.9 Å². The Kier molecular flexibility index (Phi) is 12.3. The normalized spacial score (nSPS) is 20.1. The van der Waals surface area contributed by atoms with Gasteiger partial charge in [0.05, 0.1) is 30.8 Å². The molecule has 11 nitrogen and oxygen atoms in total. The van der Waals surface area contributed by atoms with E-state index in [2.05, 4.69) is 15.6 Å². The fraction of sp³-hybridized carbons (Fsp3) is 0.516. The van der Waals surface area contributed by atoms with Gasteiger partial charge in [-0.05, 0) is 51.3 Å². The zero-order valence-electron chi connectivity index (χ0n) is 25.8. The van der Waals surface area contributed by atoms with Gasteiger partial charge in [-0.3, -0.25) is 24.0 Å². The number of nitrogens with zero attached hydrogens (tertiary/aromatic N) is 2. The van der Waals surface area contributed by atoms with Gasteiger partial charge in [-0.1, -0.05) is 63.6 Å². The lowest BCUT2D eigenvalue weighted by Crippen LogP contribution is -2.63. The van der Waals surface area contributed by atoms with Gasteiger partial charge in [0.25, 0.3) is 11.9 Å². The molecule has 0 spiro atoms. The summed E-state index contributed by atoms with van der Waals surface area (Å²) in [5.41, 5.74) is 1.49. The summed E-state index contributed by atoms with van der Waals surface area (Å²) in [4.78, 5) is 58.7. The second-order valence-electron chi connectivity index (χ2n) is 11.6. The second kappa shape index (κ2) is 15.6. The van der Waals surface area contributed by atoms with Crippen molar-refractivity contribution in [1.82, 2.24) is 20.4 Å². The third-order valence-electron chi connectivity index (χ3n) is 7.62. The highest BCUT2D eigenvalue weighted by Crippen LogP contribution is 2.23. The van der Waals surface area contributed by atoms with Gasteiger partial charge in [0.15, 0.2) is 0 Å². The van der Waals surface area contributed by atoms with E-state index < -0.39 is 60.9 Å². The molecule has 1 aliphatic heterocycles. The number of ether oxygens (including phenoxy) is 1. The van der Waals surface area contributed by atoms with Crippen molar-refractivity contribution >= 4 is 30.8 Å². The highest BCUT2D eigenvalue weighted by atomic mass is 16.5. The fourth-order valence-electron chi connectivity index (χ4n) is 5.20. The number of benzene rings is 1. The Hall–Kier alpha value is -3.77. The SMILES string of the molecule is COC(=O)[C@@H]1CCC[C@H](C)C(=O)OB([C@H](CC(C)C)NC(=O)[C@@H](NC(=O)c2cccc(-c3ccccc3)n2)C(C)O)N1C. The van der Waals surface area contributed by atoms with E-state index in [9.17, 15) is 24.3 Å². The van der Waals surface area contributed by atoms with E-state index in [-0.39, 0.29) is 11.6 Å². The molecule has 2 amide bonds. The summed E-state index contributed by atoms with van der Waals surface area (Å²) in [5.74, 6) is -3.31. The van der Waals surface area contributed by atoms with E-state index >= 15 is 0 Å². The first-order valence-electron chi connectivity index (χ1n) is 14.7. The van der Waals surface area contributed by atoms with Crippen LogP contribution >= 0.6 is 0 Å². The summed E-state index contributed by atoms with van der Waals surface area (Å²) < 4.78 is 11.0. The molecule has 1 unspecified atom stereocenters. The number of carbonyl (C=O) groups is 4. The van der Waals surface area contributed by atoms with E-state index in [4.69, 9.17) is 9.39 Å². The van der Waals surface area contributed by atoms with Crippen molar-refractivity contribution in [2.24, 2.45) is 11.8 Å². The largest absolute Gasteiger partial charge is 0.518 e. The number of aliphatic hydroxyl groups is 1. The number of hydrogen-bond donors (Lipinski definition) is 3. The molecule has 2 aromatic rings. The average Bonchev–Trinajstić information content (AvgIpc) is 3.04. The molecular weight excluding hydrogens is 551 g/mol. The Morgan fingerprint density at radius 3 is 2.42 bits per heavy atom. The minimum absolute atomic E-state index is 0.0588. The lowest BCUT2D eigenvalue weighted by molar-refractivity contribution is -0.146. The quantitative estimate of drug-likeness (QED) is 0.279. The van der Waals surface area contributed by atoms with E-state index in [1.807, 2.05) is 44.2 Å². The molecule has 5 atom stereocenters. The van der Waals surface area contributed by atoms with Crippen LogP contribution in [0.4, 0.5) is 0 Å². The lowest BCUT2D eigenvalue weighted by Gasteiger charge is -2.35. The third-order valence-corrected chi connectivity index (χ3v) is 7.62. The molecule has 0 radical (unpaired) electrons. The first-order chi connectivity index (χ1) is 20.4. The van der Waals surface area contributed by atoms with E-state index in [1.165, 1.54) is 20.1 Å². The maximum atomic E-state index is 13.7. The monoisotopic (exact) mass is 594 g/mol. The topological polar surface area (TPSA) is 147 Å². The number of rotatable bonds is 10. The van der Waals surface area contributed by atoms with Gasteiger partial charge in [0.1, 0.15) is 17.8 Å². The van der Waals surface area contributed by atoms with Crippen molar-refractivity contribution in [2.45, 2.75) is 77.5 Å². The molecule has 0 saturated carbocycles. The number of pyridine rings is 1. The van der Waals surface area contributed by atoms with Crippen LogP contribution in [0.2, 0.25) is 0 Å². The van der Waals surface area contributed by atoms with Crippen LogP contribution in [0.5, 0.6) is 0 Å². The number of hydrogen-bond acceptors (Lipinski definition) is 9. The minimum atomic E-state index is -1.34. The number of aromatic nitrogens is 1. The first-order valence-corrected chi connectivity index (χ1v) is 14.7. The summed E-state index contributed by atoms with van der Waals surface area (Å²) in [7, 11) is 1.96. The molecule has 3 N–H and O–H groups in total. The van der Waals surface area contributed by atoms with Crippen molar-refractivity contribution in [2.75, 3.05) is 14.2 Å². The Balaban J connectivity index is 1.87. The molecule has 232 valence electrons. The number of amides is 2. The van der Waals surface area contributed by atoms with Crippen LogP contribution in [0.25, 0.3) is 11.3 Å². The maximum Gasteiger partial charge on any atom is 0.475 e. The summed E-state index contributed by atoms with van der Waals surface area (Å²) in [6, 6.07) is 12.3. The smallest absolute Gasteiger partial charge is 0.475 e. The Morgan fingerprint density at radius 2 is 1.79 bits per heavy atom. The standard InChI is InChI=1S/C31H43BN4O7/c1-19(2)18-26(32-36(5)25(31(41)42-6)17-10-12-20(3)30(40)43-32)34-29(39)27(21(4)37)35-28(38)24-16-11-15-23(33-24)22-13-8-7-9-14-22/h7-9,11,13-16,19-21,25-27,37H,10,12,17-18H2,1-6H3,(H,34,39)(H,35,38)/t20-,21?,25-,26-,27-/m0/s1. The minimum Gasteiger partial charge on any atom is -0.518 e. The van der Waals surface area contributed by atoms with Crippen molar-refractivity contribution in [3.63, 3.8) is 0 Å². The van der Waals surface area contributed by atoms with Crippen LogP contribution in [0.1, 0.15) is 63.9 Å².